The summed E-state index contributed by atoms with van der Waals surface area (Å²) in [5.74, 6) is 1.60. The standard InChI is InChI=1S/C12H17O2/c1-3-5-10-14-12-9-7-6-8-11(12)13-4-2/h7-9H,3-5,10H2,1-2H3. The molecule has 0 bridgehead atoms. The van der Waals surface area contributed by atoms with Crippen LogP contribution in [-0.2, 0) is 0 Å². The van der Waals surface area contributed by atoms with E-state index in [9.17, 15) is 0 Å². The number of rotatable bonds is 6. The predicted molar refractivity (Wildman–Crippen MR) is 56.9 cm³/mol. The summed E-state index contributed by atoms with van der Waals surface area (Å²) in [7, 11) is 0. The largest absolute Gasteiger partial charge is 0.490 e. The average Bonchev–Trinajstić information content (AvgIpc) is 2.21. The second kappa shape index (κ2) is 6.30. The SMILES string of the molecule is CCCCOc1cc[c]cc1OCC. The number of hydrogen-bond acceptors (Lipinski definition) is 2. The zero-order valence-corrected chi connectivity index (χ0v) is 8.88. The van der Waals surface area contributed by atoms with Gasteiger partial charge in [0, 0.05) is 0 Å². The minimum absolute atomic E-state index is 0.655. The molecule has 0 N–H and O–H groups in total. The highest BCUT2D eigenvalue weighted by atomic mass is 16.5. The van der Waals surface area contributed by atoms with Gasteiger partial charge in [0.25, 0.3) is 0 Å². The van der Waals surface area contributed by atoms with Gasteiger partial charge in [-0.25, -0.2) is 0 Å². The molecule has 0 fully saturated rings. The van der Waals surface area contributed by atoms with Crippen LogP contribution in [0.3, 0.4) is 0 Å². The van der Waals surface area contributed by atoms with Crippen molar-refractivity contribution in [2.75, 3.05) is 13.2 Å². The lowest BCUT2D eigenvalue weighted by molar-refractivity contribution is 0.272. The van der Waals surface area contributed by atoms with Gasteiger partial charge < -0.3 is 9.47 Å². The second-order valence-corrected chi connectivity index (χ2v) is 3.01. The Kier molecular flexibility index (Phi) is 4.90. The Morgan fingerprint density at radius 3 is 2.79 bits per heavy atom. The Balaban J connectivity index is 2.55. The molecule has 0 unspecified atom stereocenters. The third kappa shape index (κ3) is 3.29. The Morgan fingerprint density at radius 2 is 2.07 bits per heavy atom. The zero-order valence-electron chi connectivity index (χ0n) is 8.88. The van der Waals surface area contributed by atoms with Gasteiger partial charge >= 0.3 is 0 Å². The van der Waals surface area contributed by atoms with E-state index in [0.717, 1.165) is 30.9 Å². The number of benzene rings is 1. The van der Waals surface area contributed by atoms with E-state index >= 15 is 0 Å². The van der Waals surface area contributed by atoms with Crippen LogP contribution in [0.2, 0.25) is 0 Å². The molecule has 1 radical (unpaired) electrons. The normalized spacial score (nSPS) is 9.86. The van der Waals surface area contributed by atoms with Crippen molar-refractivity contribution < 1.29 is 9.47 Å². The van der Waals surface area contributed by atoms with Gasteiger partial charge in [0.1, 0.15) is 0 Å². The smallest absolute Gasteiger partial charge is 0.161 e. The van der Waals surface area contributed by atoms with E-state index in [0.29, 0.717) is 6.61 Å². The van der Waals surface area contributed by atoms with Crippen molar-refractivity contribution in [3.05, 3.63) is 24.3 Å². The van der Waals surface area contributed by atoms with Crippen molar-refractivity contribution in [3.8, 4) is 11.5 Å². The highest BCUT2D eigenvalue weighted by Gasteiger charge is 2.02. The van der Waals surface area contributed by atoms with Crippen LogP contribution < -0.4 is 9.47 Å². The highest BCUT2D eigenvalue weighted by molar-refractivity contribution is 5.38. The van der Waals surface area contributed by atoms with Crippen molar-refractivity contribution >= 4 is 0 Å². The maximum atomic E-state index is 5.59. The summed E-state index contributed by atoms with van der Waals surface area (Å²) in [4.78, 5) is 0. The van der Waals surface area contributed by atoms with E-state index < -0.39 is 0 Å². The van der Waals surface area contributed by atoms with E-state index in [-0.39, 0.29) is 0 Å². The maximum Gasteiger partial charge on any atom is 0.161 e. The van der Waals surface area contributed by atoms with Gasteiger partial charge in [-0.2, -0.15) is 0 Å². The van der Waals surface area contributed by atoms with Gasteiger partial charge in [-0.15, -0.1) is 0 Å². The fourth-order valence-corrected chi connectivity index (χ4v) is 1.11. The summed E-state index contributed by atoms with van der Waals surface area (Å²) in [6, 6.07) is 8.51. The minimum Gasteiger partial charge on any atom is -0.490 e. The molecule has 0 aliphatic heterocycles. The summed E-state index contributed by atoms with van der Waals surface area (Å²) in [5.41, 5.74) is 0. The van der Waals surface area contributed by atoms with Crippen molar-refractivity contribution in [3.63, 3.8) is 0 Å². The topological polar surface area (TPSA) is 18.5 Å². The Labute approximate surface area is 85.8 Å². The summed E-state index contributed by atoms with van der Waals surface area (Å²) in [5, 5.41) is 0. The third-order valence-electron chi connectivity index (χ3n) is 1.84. The van der Waals surface area contributed by atoms with Gasteiger partial charge in [-0.3, -0.25) is 0 Å². The average molecular weight is 193 g/mol. The van der Waals surface area contributed by atoms with Gasteiger partial charge in [-0.05, 0) is 31.5 Å². The molecule has 0 amide bonds. The van der Waals surface area contributed by atoms with Crippen molar-refractivity contribution in [2.24, 2.45) is 0 Å². The molecule has 1 aromatic carbocycles. The monoisotopic (exact) mass is 193 g/mol. The summed E-state index contributed by atoms with van der Waals surface area (Å²) >= 11 is 0. The molecule has 0 aliphatic rings. The van der Waals surface area contributed by atoms with E-state index in [4.69, 9.17) is 9.47 Å². The molecule has 1 aromatic rings. The van der Waals surface area contributed by atoms with E-state index in [1.807, 2.05) is 25.1 Å². The lowest BCUT2D eigenvalue weighted by Gasteiger charge is -2.10. The molecular formula is C12H17O2. The van der Waals surface area contributed by atoms with Crippen molar-refractivity contribution in [1.29, 1.82) is 0 Å². The fourth-order valence-electron chi connectivity index (χ4n) is 1.11. The van der Waals surface area contributed by atoms with Crippen LogP contribution in [0.5, 0.6) is 11.5 Å². The molecule has 0 saturated heterocycles. The predicted octanol–water partition coefficient (Wildman–Crippen LogP) is 3.06. The first kappa shape index (κ1) is 10.9. The number of ether oxygens (including phenoxy) is 2. The third-order valence-corrected chi connectivity index (χ3v) is 1.84. The molecule has 0 aromatic heterocycles. The van der Waals surface area contributed by atoms with Crippen LogP contribution in [0, 0.1) is 6.07 Å². The molecule has 1 rings (SSSR count). The van der Waals surface area contributed by atoms with Crippen LogP contribution in [0.4, 0.5) is 0 Å². The van der Waals surface area contributed by atoms with E-state index in [1.54, 1.807) is 0 Å². The molecule has 0 heterocycles. The first-order valence-corrected chi connectivity index (χ1v) is 5.14. The van der Waals surface area contributed by atoms with Crippen LogP contribution in [0.25, 0.3) is 0 Å². The van der Waals surface area contributed by atoms with Gasteiger partial charge in [0.15, 0.2) is 11.5 Å². The molecule has 14 heavy (non-hydrogen) atoms. The van der Waals surface area contributed by atoms with Crippen LogP contribution in [0.1, 0.15) is 26.7 Å². The van der Waals surface area contributed by atoms with Gasteiger partial charge in [-0.1, -0.05) is 19.4 Å². The van der Waals surface area contributed by atoms with Crippen LogP contribution >= 0.6 is 0 Å². The second-order valence-electron chi connectivity index (χ2n) is 3.01. The molecule has 2 nitrogen and oxygen atoms in total. The molecule has 2 heteroatoms. The quantitative estimate of drug-likeness (QED) is 0.646. The fraction of sp³-hybridized carbons (Fsp3) is 0.500. The first-order valence-electron chi connectivity index (χ1n) is 5.14. The first-order chi connectivity index (χ1) is 6.88. The molecular weight excluding hydrogens is 176 g/mol. The summed E-state index contributed by atoms with van der Waals surface area (Å²) in [6.45, 7) is 5.51. The van der Waals surface area contributed by atoms with Crippen LogP contribution in [-0.4, -0.2) is 13.2 Å². The number of hydrogen-bond donors (Lipinski definition) is 0. The Hall–Kier alpha value is -1.18. The zero-order chi connectivity index (χ0) is 10.2. The van der Waals surface area contributed by atoms with Gasteiger partial charge in [0.05, 0.1) is 13.2 Å². The van der Waals surface area contributed by atoms with Crippen LogP contribution in [0.15, 0.2) is 18.2 Å². The van der Waals surface area contributed by atoms with Crippen molar-refractivity contribution in [2.45, 2.75) is 26.7 Å². The molecule has 0 spiro atoms. The summed E-state index contributed by atoms with van der Waals surface area (Å²) in [6.07, 6.45) is 2.22. The van der Waals surface area contributed by atoms with Crippen molar-refractivity contribution in [1.82, 2.24) is 0 Å². The van der Waals surface area contributed by atoms with Gasteiger partial charge in [0.2, 0.25) is 0 Å². The Bertz CT molecular complexity index is 258. The van der Waals surface area contributed by atoms with E-state index in [1.165, 1.54) is 0 Å². The maximum absolute atomic E-state index is 5.59. The lowest BCUT2D eigenvalue weighted by atomic mass is 10.3. The molecule has 0 atom stereocenters. The van der Waals surface area contributed by atoms with E-state index in [2.05, 4.69) is 13.0 Å². The summed E-state index contributed by atoms with van der Waals surface area (Å²) < 4.78 is 11.0. The minimum atomic E-state index is 0.655. The Morgan fingerprint density at radius 1 is 1.21 bits per heavy atom. The lowest BCUT2D eigenvalue weighted by Crippen LogP contribution is -2.00. The molecule has 0 saturated carbocycles. The molecule has 77 valence electrons. The highest BCUT2D eigenvalue weighted by Crippen LogP contribution is 2.26. The molecule has 0 aliphatic carbocycles. The number of unbranched alkanes of at least 4 members (excludes halogenated alkanes) is 1.